The van der Waals surface area contributed by atoms with Crippen molar-refractivity contribution in [2.45, 2.75) is 6.54 Å². The summed E-state index contributed by atoms with van der Waals surface area (Å²) in [5, 5.41) is 7.23. The number of furan rings is 1. The maximum absolute atomic E-state index is 11.7. The molecule has 0 unspecified atom stereocenters. The Labute approximate surface area is 121 Å². The molecule has 21 heavy (non-hydrogen) atoms. The van der Waals surface area contributed by atoms with Crippen molar-refractivity contribution in [3.05, 3.63) is 60.9 Å². The number of rotatable bonds is 5. The van der Waals surface area contributed by atoms with Crippen molar-refractivity contribution >= 4 is 5.91 Å². The van der Waals surface area contributed by atoms with Gasteiger partial charge in [0, 0.05) is 30.7 Å². The third kappa shape index (κ3) is 3.17. The average molecular weight is 282 g/mol. The Bertz CT molecular complexity index is 704. The summed E-state index contributed by atoms with van der Waals surface area (Å²) < 4.78 is 6.81. The molecule has 0 fully saturated rings. The third-order valence-electron chi connectivity index (χ3n) is 2.99. The van der Waals surface area contributed by atoms with Gasteiger partial charge < -0.3 is 9.73 Å². The molecule has 1 N–H and O–H groups in total. The van der Waals surface area contributed by atoms with E-state index in [1.54, 1.807) is 29.2 Å². The van der Waals surface area contributed by atoms with Crippen molar-refractivity contribution < 1.29 is 9.21 Å². The van der Waals surface area contributed by atoms with Gasteiger partial charge in [-0.05, 0) is 30.3 Å². The van der Waals surface area contributed by atoms with Crippen LogP contribution in [0.1, 0.15) is 10.6 Å². The van der Waals surface area contributed by atoms with Crippen LogP contribution in [0.3, 0.4) is 0 Å². The zero-order chi connectivity index (χ0) is 14.5. The summed E-state index contributed by atoms with van der Waals surface area (Å²) in [5.74, 6) is 0.0921. The van der Waals surface area contributed by atoms with Gasteiger partial charge in [0.2, 0.25) is 0 Å². The monoisotopic (exact) mass is 282 g/mol. The van der Waals surface area contributed by atoms with Gasteiger partial charge in [-0.3, -0.25) is 14.5 Å². The van der Waals surface area contributed by atoms with Crippen LogP contribution >= 0.6 is 0 Å². The van der Waals surface area contributed by atoms with Gasteiger partial charge in [-0.25, -0.2) is 0 Å². The zero-order valence-corrected chi connectivity index (χ0v) is 11.3. The Morgan fingerprint density at radius 2 is 2.10 bits per heavy atom. The largest absolute Gasteiger partial charge is 0.459 e. The second-order valence-corrected chi connectivity index (χ2v) is 4.43. The third-order valence-corrected chi connectivity index (χ3v) is 2.99. The highest BCUT2D eigenvalue weighted by Crippen LogP contribution is 2.14. The normalized spacial score (nSPS) is 10.5. The molecule has 1 amide bonds. The lowest BCUT2D eigenvalue weighted by Gasteiger charge is -2.03. The molecule has 3 aromatic heterocycles. The summed E-state index contributed by atoms with van der Waals surface area (Å²) in [6.07, 6.45) is 6.83. The summed E-state index contributed by atoms with van der Waals surface area (Å²) >= 11 is 0. The molecule has 6 nitrogen and oxygen atoms in total. The fourth-order valence-corrected chi connectivity index (χ4v) is 1.94. The van der Waals surface area contributed by atoms with Gasteiger partial charge in [-0.15, -0.1) is 0 Å². The molecule has 0 bridgehead atoms. The summed E-state index contributed by atoms with van der Waals surface area (Å²) in [5.41, 5.74) is 1.90. The van der Waals surface area contributed by atoms with Crippen LogP contribution in [0.5, 0.6) is 0 Å². The van der Waals surface area contributed by atoms with Crippen molar-refractivity contribution in [2.24, 2.45) is 0 Å². The molecule has 0 aliphatic heterocycles. The molecular formula is C15H14N4O2. The first-order valence-corrected chi connectivity index (χ1v) is 6.58. The number of hydrogen-bond acceptors (Lipinski definition) is 4. The predicted octanol–water partition coefficient (Wildman–Crippen LogP) is 1.97. The van der Waals surface area contributed by atoms with Gasteiger partial charge in [-0.1, -0.05) is 0 Å². The van der Waals surface area contributed by atoms with E-state index >= 15 is 0 Å². The lowest BCUT2D eigenvalue weighted by atomic mass is 10.2. The number of carbonyl (C=O) groups is 1. The molecule has 3 rings (SSSR count). The molecule has 0 aliphatic rings. The second kappa shape index (κ2) is 6.04. The quantitative estimate of drug-likeness (QED) is 0.776. The molecule has 6 heteroatoms. The Balaban J connectivity index is 1.55. The Kier molecular flexibility index (Phi) is 3.77. The molecule has 0 saturated carbocycles. The molecule has 106 valence electrons. The number of nitrogens with zero attached hydrogens (tertiary/aromatic N) is 3. The molecular weight excluding hydrogens is 268 g/mol. The summed E-state index contributed by atoms with van der Waals surface area (Å²) in [6, 6.07) is 9.06. The van der Waals surface area contributed by atoms with E-state index in [1.807, 2.05) is 24.4 Å². The van der Waals surface area contributed by atoms with E-state index in [-0.39, 0.29) is 5.91 Å². The molecule has 3 aromatic rings. The van der Waals surface area contributed by atoms with Gasteiger partial charge >= 0.3 is 0 Å². The number of pyridine rings is 1. The lowest BCUT2D eigenvalue weighted by Crippen LogP contribution is -2.27. The highest BCUT2D eigenvalue weighted by atomic mass is 16.3. The fourth-order valence-electron chi connectivity index (χ4n) is 1.94. The van der Waals surface area contributed by atoms with Crippen molar-refractivity contribution in [3.8, 4) is 11.3 Å². The highest BCUT2D eigenvalue weighted by Gasteiger charge is 2.07. The van der Waals surface area contributed by atoms with Crippen molar-refractivity contribution in [1.29, 1.82) is 0 Å². The van der Waals surface area contributed by atoms with E-state index in [4.69, 9.17) is 4.42 Å². The maximum atomic E-state index is 11.7. The SMILES string of the molecule is O=C(NCCn1ccc(-c2ccncc2)n1)c1ccco1. The first-order valence-electron chi connectivity index (χ1n) is 6.58. The first-order chi connectivity index (χ1) is 10.3. The van der Waals surface area contributed by atoms with Crippen LogP contribution in [-0.4, -0.2) is 27.2 Å². The van der Waals surface area contributed by atoms with Crippen molar-refractivity contribution in [3.63, 3.8) is 0 Å². The lowest BCUT2D eigenvalue weighted by molar-refractivity contribution is 0.0924. The van der Waals surface area contributed by atoms with Crippen LogP contribution in [0.15, 0.2) is 59.6 Å². The number of nitrogens with one attached hydrogen (secondary N) is 1. The summed E-state index contributed by atoms with van der Waals surface area (Å²) in [4.78, 5) is 15.7. The average Bonchev–Trinajstić information content (AvgIpc) is 3.20. The molecule has 0 radical (unpaired) electrons. The topological polar surface area (TPSA) is 73.0 Å². The minimum absolute atomic E-state index is 0.221. The van der Waals surface area contributed by atoms with E-state index in [9.17, 15) is 4.79 Å². The fraction of sp³-hybridized carbons (Fsp3) is 0.133. The minimum Gasteiger partial charge on any atom is -0.459 e. The van der Waals surface area contributed by atoms with Gasteiger partial charge in [0.15, 0.2) is 5.76 Å². The number of carbonyl (C=O) groups excluding carboxylic acids is 1. The molecule has 0 saturated heterocycles. The van der Waals surface area contributed by atoms with Crippen LogP contribution in [0.25, 0.3) is 11.3 Å². The molecule has 0 aliphatic carbocycles. The van der Waals surface area contributed by atoms with E-state index in [1.165, 1.54) is 6.26 Å². The zero-order valence-electron chi connectivity index (χ0n) is 11.3. The molecule has 0 spiro atoms. The smallest absolute Gasteiger partial charge is 0.287 e. The Hall–Kier alpha value is -2.89. The molecule has 3 heterocycles. The van der Waals surface area contributed by atoms with Crippen molar-refractivity contribution in [1.82, 2.24) is 20.1 Å². The first kappa shape index (κ1) is 13.1. The predicted molar refractivity (Wildman–Crippen MR) is 76.5 cm³/mol. The second-order valence-electron chi connectivity index (χ2n) is 4.43. The van der Waals surface area contributed by atoms with E-state index in [0.717, 1.165) is 11.3 Å². The maximum Gasteiger partial charge on any atom is 0.287 e. The minimum atomic E-state index is -0.221. The number of aromatic nitrogens is 3. The van der Waals surface area contributed by atoms with Gasteiger partial charge in [0.05, 0.1) is 18.5 Å². The van der Waals surface area contributed by atoms with Crippen LogP contribution < -0.4 is 5.32 Å². The molecule has 0 atom stereocenters. The van der Waals surface area contributed by atoms with E-state index in [0.29, 0.717) is 18.8 Å². The summed E-state index contributed by atoms with van der Waals surface area (Å²) in [6.45, 7) is 1.08. The van der Waals surface area contributed by atoms with Crippen LogP contribution in [0, 0.1) is 0 Å². The van der Waals surface area contributed by atoms with E-state index < -0.39 is 0 Å². The standard InChI is InChI=1S/C15H14N4O2/c20-15(14-2-1-11-21-14)17-8-10-19-9-5-13(18-19)12-3-6-16-7-4-12/h1-7,9,11H,8,10H2,(H,17,20). The van der Waals surface area contributed by atoms with Crippen LogP contribution in [-0.2, 0) is 6.54 Å². The van der Waals surface area contributed by atoms with Gasteiger partial charge in [0.1, 0.15) is 0 Å². The van der Waals surface area contributed by atoms with Gasteiger partial charge in [0.25, 0.3) is 5.91 Å². The van der Waals surface area contributed by atoms with E-state index in [2.05, 4.69) is 15.4 Å². The number of hydrogen-bond donors (Lipinski definition) is 1. The highest BCUT2D eigenvalue weighted by molar-refractivity contribution is 5.91. The van der Waals surface area contributed by atoms with Crippen molar-refractivity contribution in [2.75, 3.05) is 6.54 Å². The van der Waals surface area contributed by atoms with Crippen LogP contribution in [0.4, 0.5) is 0 Å². The Morgan fingerprint density at radius 3 is 2.86 bits per heavy atom. The van der Waals surface area contributed by atoms with Crippen LogP contribution in [0.2, 0.25) is 0 Å². The van der Waals surface area contributed by atoms with Gasteiger partial charge in [-0.2, -0.15) is 5.10 Å². The summed E-state index contributed by atoms with van der Waals surface area (Å²) in [7, 11) is 0. The number of amides is 1. The Morgan fingerprint density at radius 1 is 1.24 bits per heavy atom. The molecule has 0 aromatic carbocycles.